The summed E-state index contributed by atoms with van der Waals surface area (Å²) in [4.78, 5) is 16.3. The Labute approximate surface area is 132 Å². The largest absolute Gasteiger partial charge is 0.340 e. The van der Waals surface area contributed by atoms with Crippen molar-refractivity contribution in [3.63, 3.8) is 0 Å². The Bertz CT molecular complexity index is 437. The van der Waals surface area contributed by atoms with Gasteiger partial charge in [-0.25, -0.2) is 0 Å². The Morgan fingerprint density at radius 1 is 1.33 bits per heavy atom. The maximum absolute atomic E-state index is 11.9. The second kappa shape index (κ2) is 9.02. The van der Waals surface area contributed by atoms with Crippen molar-refractivity contribution < 1.29 is 4.79 Å². The number of aryl methyl sites for hydroxylation is 1. The van der Waals surface area contributed by atoms with Crippen molar-refractivity contribution in [2.24, 2.45) is 0 Å². The lowest BCUT2D eigenvalue weighted by atomic mass is 10.3. The number of likely N-dealkylation sites (N-methyl/N-ethyl adjacent to an activating group) is 1. The maximum atomic E-state index is 11.9. The normalized spacial score (nSPS) is 16.4. The molecule has 6 nitrogen and oxygen atoms in total. The summed E-state index contributed by atoms with van der Waals surface area (Å²) >= 11 is 0. The molecule has 0 radical (unpaired) electrons. The maximum Gasteiger partial charge on any atom is 0.236 e. The van der Waals surface area contributed by atoms with Crippen LogP contribution in [0.4, 0.5) is 0 Å². The third kappa shape index (κ3) is 5.30. The van der Waals surface area contributed by atoms with Gasteiger partial charge in [0, 0.05) is 51.0 Å². The molecule has 1 fully saturated rings. The van der Waals surface area contributed by atoms with E-state index in [4.69, 9.17) is 0 Å². The fourth-order valence-corrected chi connectivity index (χ4v) is 2.56. The van der Waals surface area contributed by atoms with Crippen molar-refractivity contribution in [2.75, 3.05) is 39.8 Å². The van der Waals surface area contributed by atoms with Gasteiger partial charge in [0.15, 0.2) is 0 Å². The Balaban J connectivity index is 0.00000220. The van der Waals surface area contributed by atoms with E-state index in [0.29, 0.717) is 6.54 Å². The first-order valence-corrected chi connectivity index (χ1v) is 7.39. The van der Waals surface area contributed by atoms with Crippen molar-refractivity contribution in [3.8, 4) is 0 Å². The van der Waals surface area contributed by atoms with Crippen LogP contribution in [0, 0.1) is 0 Å². The summed E-state index contributed by atoms with van der Waals surface area (Å²) in [7, 11) is 1.81. The van der Waals surface area contributed by atoms with Crippen molar-refractivity contribution in [3.05, 3.63) is 18.0 Å². The topological polar surface area (TPSA) is 53.4 Å². The summed E-state index contributed by atoms with van der Waals surface area (Å²) in [5.41, 5.74) is 1.25. The molecular weight excluding hydrogens is 290 g/mol. The molecule has 0 bridgehead atoms. The average molecular weight is 316 g/mol. The van der Waals surface area contributed by atoms with Gasteiger partial charge in [-0.2, -0.15) is 5.10 Å². The summed E-state index contributed by atoms with van der Waals surface area (Å²) in [6, 6.07) is 0. The molecule has 2 rings (SSSR count). The van der Waals surface area contributed by atoms with Crippen LogP contribution >= 0.6 is 12.4 Å². The molecule has 7 heteroatoms. The number of carbonyl (C=O) groups is 1. The lowest BCUT2D eigenvalue weighted by molar-refractivity contribution is -0.130. The number of hydrogen-bond acceptors (Lipinski definition) is 4. The molecule has 1 aliphatic heterocycles. The number of hydrogen-bond donors (Lipinski definition) is 1. The van der Waals surface area contributed by atoms with E-state index in [0.717, 1.165) is 45.7 Å². The van der Waals surface area contributed by atoms with Gasteiger partial charge in [-0.1, -0.05) is 0 Å². The van der Waals surface area contributed by atoms with Gasteiger partial charge in [-0.05, 0) is 20.4 Å². The Morgan fingerprint density at radius 3 is 2.81 bits per heavy atom. The molecule has 1 saturated heterocycles. The summed E-state index contributed by atoms with van der Waals surface area (Å²) in [5, 5.41) is 7.24. The van der Waals surface area contributed by atoms with Crippen molar-refractivity contribution in [1.82, 2.24) is 24.9 Å². The molecule has 120 valence electrons. The van der Waals surface area contributed by atoms with Gasteiger partial charge in [0.1, 0.15) is 0 Å². The van der Waals surface area contributed by atoms with E-state index in [1.54, 1.807) is 0 Å². The molecule has 0 unspecified atom stereocenters. The van der Waals surface area contributed by atoms with Gasteiger partial charge in [-0.3, -0.25) is 14.4 Å². The van der Waals surface area contributed by atoms with E-state index < -0.39 is 0 Å². The van der Waals surface area contributed by atoms with E-state index in [2.05, 4.69) is 28.4 Å². The molecule has 0 spiro atoms. The van der Waals surface area contributed by atoms with Crippen LogP contribution in [0.3, 0.4) is 0 Å². The van der Waals surface area contributed by atoms with E-state index in [-0.39, 0.29) is 18.3 Å². The predicted octanol–water partition coefficient (Wildman–Crippen LogP) is 0.579. The van der Waals surface area contributed by atoms with Crippen LogP contribution in [0.15, 0.2) is 12.4 Å². The molecule has 0 atom stereocenters. The number of carbonyl (C=O) groups excluding carboxylic acids is 1. The minimum absolute atomic E-state index is 0. The van der Waals surface area contributed by atoms with Crippen LogP contribution in [0.1, 0.15) is 18.9 Å². The van der Waals surface area contributed by atoms with Gasteiger partial charge >= 0.3 is 0 Å². The fourth-order valence-electron chi connectivity index (χ4n) is 2.56. The summed E-state index contributed by atoms with van der Waals surface area (Å²) < 4.78 is 1.95. The number of rotatable bonds is 5. The molecule has 21 heavy (non-hydrogen) atoms. The van der Waals surface area contributed by atoms with Gasteiger partial charge in [0.2, 0.25) is 5.91 Å². The fraction of sp³-hybridized carbons (Fsp3) is 0.714. The van der Waals surface area contributed by atoms with Crippen LogP contribution in [0.25, 0.3) is 0 Å². The Hall–Kier alpha value is -1.11. The highest BCUT2D eigenvalue weighted by atomic mass is 35.5. The lowest BCUT2D eigenvalue weighted by Gasteiger charge is -2.21. The molecule has 2 heterocycles. The van der Waals surface area contributed by atoms with Crippen LogP contribution < -0.4 is 5.32 Å². The summed E-state index contributed by atoms with van der Waals surface area (Å²) in [6.45, 7) is 8.03. The standard InChI is InChI=1S/C14H25N5O.ClH/c1-3-19-12-13(9-16-19)11-17-5-4-6-18(8-7-17)14(20)10-15-2;/h9,12,15H,3-8,10-11H2,1-2H3;1H. The molecule has 1 amide bonds. The molecule has 1 aliphatic rings. The zero-order valence-corrected chi connectivity index (χ0v) is 13.7. The average Bonchev–Trinajstić information content (AvgIpc) is 2.76. The summed E-state index contributed by atoms with van der Waals surface area (Å²) in [6.07, 6.45) is 5.09. The Kier molecular flexibility index (Phi) is 7.71. The Morgan fingerprint density at radius 2 is 2.14 bits per heavy atom. The first kappa shape index (κ1) is 17.9. The number of nitrogens with zero attached hydrogens (tertiary/aromatic N) is 4. The second-order valence-corrected chi connectivity index (χ2v) is 5.25. The SMILES string of the molecule is CCn1cc(CN2CCCN(C(=O)CNC)CC2)cn1.Cl. The summed E-state index contributed by atoms with van der Waals surface area (Å²) in [5.74, 6) is 0.202. The number of halogens is 1. The smallest absolute Gasteiger partial charge is 0.236 e. The van der Waals surface area contributed by atoms with Gasteiger partial charge in [0.25, 0.3) is 0 Å². The van der Waals surface area contributed by atoms with Crippen LogP contribution in [0.5, 0.6) is 0 Å². The zero-order valence-electron chi connectivity index (χ0n) is 12.9. The lowest BCUT2D eigenvalue weighted by Crippen LogP contribution is -2.39. The first-order valence-electron chi connectivity index (χ1n) is 7.39. The number of nitrogens with one attached hydrogen (secondary N) is 1. The second-order valence-electron chi connectivity index (χ2n) is 5.25. The third-order valence-electron chi connectivity index (χ3n) is 3.69. The van der Waals surface area contributed by atoms with Crippen molar-refractivity contribution >= 4 is 18.3 Å². The highest BCUT2D eigenvalue weighted by Gasteiger charge is 2.18. The monoisotopic (exact) mass is 315 g/mol. The molecule has 0 aliphatic carbocycles. The van der Waals surface area contributed by atoms with E-state index in [9.17, 15) is 4.79 Å². The van der Waals surface area contributed by atoms with Crippen LogP contribution in [-0.2, 0) is 17.9 Å². The molecule has 0 saturated carbocycles. The quantitative estimate of drug-likeness (QED) is 0.863. The van der Waals surface area contributed by atoms with E-state index in [1.807, 2.05) is 22.8 Å². The van der Waals surface area contributed by atoms with Crippen molar-refractivity contribution in [2.45, 2.75) is 26.4 Å². The number of amides is 1. The molecule has 1 aromatic rings. The number of aromatic nitrogens is 2. The van der Waals surface area contributed by atoms with Gasteiger partial charge < -0.3 is 10.2 Å². The minimum atomic E-state index is 0. The minimum Gasteiger partial charge on any atom is -0.340 e. The first-order chi connectivity index (χ1) is 9.72. The van der Waals surface area contributed by atoms with E-state index in [1.165, 1.54) is 5.56 Å². The highest BCUT2D eigenvalue weighted by Crippen LogP contribution is 2.08. The van der Waals surface area contributed by atoms with Crippen LogP contribution in [-0.4, -0.2) is 65.3 Å². The van der Waals surface area contributed by atoms with Gasteiger partial charge in [-0.15, -0.1) is 12.4 Å². The van der Waals surface area contributed by atoms with E-state index >= 15 is 0 Å². The van der Waals surface area contributed by atoms with Crippen LogP contribution in [0.2, 0.25) is 0 Å². The molecule has 1 aromatic heterocycles. The zero-order chi connectivity index (χ0) is 14.4. The highest BCUT2D eigenvalue weighted by molar-refractivity contribution is 5.85. The molecule has 0 aromatic carbocycles. The predicted molar refractivity (Wildman–Crippen MR) is 85.5 cm³/mol. The van der Waals surface area contributed by atoms with Crippen molar-refractivity contribution in [1.29, 1.82) is 0 Å². The molecule has 1 N–H and O–H groups in total. The molecular formula is C14H26ClN5O. The van der Waals surface area contributed by atoms with Gasteiger partial charge in [0.05, 0.1) is 12.7 Å². The third-order valence-corrected chi connectivity index (χ3v) is 3.69.